The average Bonchev–Trinajstić information content (AvgIpc) is 3.13. The summed E-state index contributed by atoms with van der Waals surface area (Å²) in [6, 6.07) is 17.4. The molecule has 1 aromatic heterocycles. The normalized spacial score (nSPS) is 20.9. The SMILES string of the molecule is CC1(c2nc(C(N)c3ccccc3)no2)CCOc2ccccc21. The molecule has 2 heterocycles. The van der Waals surface area contributed by atoms with E-state index in [1.807, 2.05) is 48.5 Å². The Morgan fingerprint density at radius 3 is 2.67 bits per heavy atom. The van der Waals surface area contributed by atoms with Crippen molar-refractivity contribution >= 4 is 0 Å². The second-order valence-corrected chi connectivity index (χ2v) is 6.27. The fourth-order valence-corrected chi connectivity index (χ4v) is 3.17. The van der Waals surface area contributed by atoms with Crippen LogP contribution in [0.15, 0.2) is 59.1 Å². The Bertz CT molecular complexity index is 847. The smallest absolute Gasteiger partial charge is 0.237 e. The van der Waals surface area contributed by atoms with Gasteiger partial charge in [-0.25, -0.2) is 0 Å². The van der Waals surface area contributed by atoms with Crippen molar-refractivity contribution in [3.63, 3.8) is 0 Å². The lowest BCUT2D eigenvalue weighted by atomic mass is 9.77. The number of nitrogens with zero attached hydrogens (tertiary/aromatic N) is 2. The predicted octanol–water partition coefficient (Wildman–Crippen LogP) is 3.21. The molecule has 2 N–H and O–H groups in total. The van der Waals surface area contributed by atoms with Crippen LogP contribution in [0.25, 0.3) is 0 Å². The Labute approximate surface area is 140 Å². The van der Waals surface area contributed by atoms with Gasteiger partial charge < -0.3 is 15.0 Å². The van der Waals surface area contributed by atoms with Gasteiger partial charge in [-0.1, -0.05) is 53.7 Å². The van der Waals surface area contributed by atoms with Crippen LogP contribution in [0.4, 0.5) is 0 Å². The summed E-state index contributed by atoms with van der Waals surface area (Å²) in [5.41, 5.74) is 7.95. The van der Waals surface area contributed by atoms with Crippen LogP contribution in [-0.4, -0.2) is 16.7 Å². The third kappa shape index (κ3) is 2.37. The first-order valence-electron chi connectivity index (χ1n) is 8.05. The van der Waals surface area contributed by atoms with Gasteiger partial charge >= 0.3 is 0 Å². The molecule has 1 aliphatic rings. The minimum Gasteiger partial charge on any atom is -0.493 e. The first-order chi connectivity index (χ1) is 11.7. The summed E-state index contributed by atoms with van der Waals surface area (Å²) < 4.78 is 11.4. The number of para-hydroxylation sites is 1. The fraction of sp³-hybridized carbons (Fsp3) is 0.263. The van der Waals surface area contributed by atoms with Crippen LogP contribution in [-0.2, 0) is 5.41 Å². The summed E-state index contributed by atoms with van der Waals surface area (Å²) in [5, 5.41) is 4.13. The standard InChI is InChI=1S/C19H19N3O2/c1-19(11-12-23-15-10-6-5-9-14(15)19)18-21-17(22-24-18)16(20)13-7-3-2-4-8-13/h2-10,16H,11-12,20H2,1H3. The number of rotatable bonds is 3. The number of benzene rings is 2. The molecule has 0 saturated carbocycles. The molecular formula is C19H19N3O2. The molecule has 4 rings (SSSR count). The van der Waals surface area contributed by atoms with Gasteiger partial charge in [0.1, 0.15) is 5.75 Å². The number of fused-ring (bicyclic) bond motifs is 1. The van der Waals surface area contributed by atoms with Crippen LogP contribution in [0.5, 0.6) is 5.75 Å². The molecule has 0 aliphatic carbocycles. The molecule has 122 valence electrons. The van der Waals surface area contributed by atoms with Gasteiger partial charge in [0.25, 0.3) is 0 Å². The Kier molecular flexibility index (Phi) is 3.58. The number of nitrogens with two attached hydrogens (primary N) is 1. The highest BCUT2D eigenvalue weighted by molar-refractivity contribution is 5.44. The fourth-order valence-electron chi connectivity index (χ4n) is 3.17. The molecule has 2 aromatic carbocycles. The lowest BCUT2D eigenvalue weighted by Crippen LogP contribution is -2.31. The van der Waals surface area contributed by atoms with E-state index in [9.17, 15) is 0 Å². The molecule has 0 amide bonds. The molecule has 0 fully saturated rings. The maximum Gasteiger partial charge on any atom is 0.237 e. The number of ether oxygens (including phenoxy) is 1. The van der Waals surface area contributed by atoms with Crippen molar-refractivity contribution in [1.82, 2.24) is 10.1 Å². The van der Waals surface area contributed by atoms with Crippen molar-refractivity contribution < 1.29 is 9.26 Å². The molecule has 2 unspecified atom stereocenters. The van der Waals surface area contributed by atoms with Gasteiger partial charge in [-0.15, -0.1) is 0 Å². The lowest BCUT2D eigenvalue weighted by Gasteiger charge is -2.32. The Balaban J connectivity index is 1.71. The third-order valence-corrected chi connectivity index (χ3v) is 4.69. The molecule has 1 aliphatic heterocycles. The second-order valence-electron chi connectivity index (χ2n) is 6.27. The highest BCUT2D eigenvalue weighted by atomic mass is 16.5. The van der Waals surface area contributed by atoms with E-state index < -0.39 is 6.04 Å². The van der Waals surface area contributed by atoms with Gasteiger partial charge in [-0.3, -0.25) is 0 Å². The first-order valence-corrected chi connectivity index (χ1v) is 8.05. The molecule has 24 heavy (non-hydrogen) atoms. The summed E-state index contributed by atoms with van der Waals surface area (Å²) >= 11 is 0. The van der Waals surface area contributed by atoms with Gasteiger partial charge in [0, 0.05) is 5.56 Å². The van der Waals surface area contributed by atoms with Crippen molar-refractivity contribution in [2.24, 2.45) is 5.73 Å². The van der Waals surface area contributed by atoms with E-state index in [0.29, 0.717) is 18.3 Å². The van der Waals surface area contributed by atoms with E-state index in [1.54, 1.807) is 0 Å². The van der Waals surface area contributed by atoms with Gasteiger partial charge in [0.15, 0.2) is 5.82 Å². The number of hydrogen-bond acceptors (Lipinski definition) is 5. The summed E-state index contributed by atoms with van der Waals surface area (Å²) in [7, 11) is 0. The maximum absolute atomic E-state index is 6.29. The summed E-state index contributed by atoms with van der Waals surface area (Å²) in [6.45, 7) is 2.73. The topological polar surface area (TPSA) is 74.2 Å². The van der Waals surface area contributed by atoms with Crippen LogP contribution in [0.2, 0.25) is 0 Å². The van der Waals surface area contributed by atoms with E-state index in [-0.39, 0.29) is 5.41 Å². The van der Waals surface area contributed by atoms with Crippen molar-refractivity contribution in [1.29, 1.82) is 0 Å². The van der Waals surface area contributed by atoms with Crippen molar-refractivity contribution in [3.05, 3.63) is 77.4 Å². The van der Waals surface area contributed by atoms with E-state index in [1.165, 1.54) is 0 Å². The van der Waals surface area contributed by atoms with E-state index in [0.717, 1.165) is 23.3 Å². The Hall–Kier alpha value is -2.66. The molecule has 5 heteroatoms. The third-order valence-electron chi connectivity index (χ3n) is 4.69. The van der Waals surface area contributed by atoms with Crippen molar-refractivity contribution in [3.8, 4) is 5.75 Å². The monoisotopic (exact) mass is 321 g/mol. The number of aromatic nitrogens is 2. The second kappa shape index (κ2) is 5.76. The van der Waals surface area contributed by atoms with Gasteiger partial charge in [0.2, 0.25) is 5.89 Å². The van der Waals surface area contributed by atoms with Gasteiger partial charge in [-0.05, 0) is 25.0 Å². The molecule has 5 nitrogen and oxygen atoms in total. The summed E-state index contributed by atoms with van der Waals surface area (Å²) in [4.78, 5) is 4.62. The van der Waals surface area contributed by atoms with Crippen LogP contribution in [0.1, 0.15) is 42.2 Å². The molecular weight excluding hydrogens is 302 g/mol. The molecule has 0 spiro atoms. The Morgan fingerprint density at radius 2 is 1.83 bits per heavy atom. The molecule has 2 atom stereocenters. The van der Waals surface area contributed by atoms with Crippen LogP contribution in [0, 0.1) is 0 Å². The molecule has 0 saturated heterocycles. The molecule has 3 aromatic rings. The minimum absolute atomic E-state index is 0.365. The minimum atomic E-state index is -0.401. The van der Waals surface area contributed by atoms with Gasteiger partial charge in [0.05, 0.1) is 18.1 Å². The number of hydrogen-bond donors (Lipinski definition) is 1. The zero-order valence-electron chi connectivity index (χ0n) is 13.5. The van der Waals surface area contributed by atoms with Crippen LogP contribution in [0.3, 0.4) is 0 Å². The summed E-state index contributed by atoms with van der Waals surface area (Å²) in [6.07, 6.45) is 0.784. The quantitative estimate of drug-likeness (QED) is 0.802. The van der Waals surface area contributed by atoms with Crippen molar-refractivity contribution in [2.45, 2.75) is 24.8 Å². The maximum atomic E-state index is 6.29. The zero-order chi connectivity index (χ0) is 16.6. The summed E-state index contributed by atoms with van der Waals surface area (Å²) in [5.74, 6) is 1.96. The predicted molar refractivity (Wildman–Crippen MR) is 89.8 cm³/mol. The van der Waals surface area contributed by atoms with Gasteiger partial charge in [-0.2, -0.15) is 4.98 Å². The zero-order valence-corrected chi connectivity index (χ0v) is 13.5. The van der Waals surface area contributed by atoms with Crippen molar-refractivity contribution in [2.75, 3.05) is 6.61 Å². The molecule has 0 radical (unpaired) electrons. The average molecular weight is 321 g/mol. The lowest BCUT2D eigenvalue weighted by molar-refractivity contribution is 0.212. The molecule has 0 bridgehead atoms. The first kappa shape index (κ1) is 14.9. The van der Waals surface area contributed by atoms with E-state index >= 15 is 0 Å². The largest absolute Gasteiger partial charge is 0.493 e. The van der Waals surface area contributed by atoms with E-state index in [2.05, 4.69) is 23.1 Å². The Morgan fingerprint density at radius 1 is 1.08 bits per heavy atom. The van der Waals surface area contributed by atoms with Crippen LogP contribution >= 0.6 is 0 Å². The highest BCUT2D eigenvalue weighted by Crippen LogP contribution is 2.42. The highest BCUT2D eigenvalue weighted by Gasteiger charge is 2.40. The van der Waals surface area contributed by atoms with Crippen LogP contribution < -0.4 is 10.5 Å². The van der Waals surface area contributed by atoms with E-state index in [4.69, 9.17) is 15.0 Å².